The van der Waals surface area contributed by atoms with Crippen LogP contribution in [0.2, 0.25) is 0 Å². The zero-order valence-corrected chi connectivity index (χ0v) is 35.3. The van der Waals surface area contributed by atoms with E-state index >= 15 is 0 Å². The van der Waals surface area contributed by atoms with Crippen molar-refractivity contribution in [1.29, 1.82) is 0 Å². The third kappa shape index (κ3) is 7.48. The van der Waals surface area contributed by atoms with Crippen molar-refractivity contribution >= 4 is 55.7 Å². The third-order valence-electron chi connectivity index (χ3n) is 12.3. The van der Waals surface area contributed by atoms with Crippen molar-refractivity contribution in [1.82, 2.24) is 0 Å². The maximum absolute atomic E-state index is 2.35. The van der Waals surface area contributed by atoms with Crippen molar-refractivity contribution < 1.29 is 0 Å². The van der Waals surface area contributed by atoms with Crippen LogP contribution in [0.4, 0.5) is 34.1 Å². The first-order valence-corrected chi connectivity index (χ1v) is 21.9. The summed E-state index contributed by atoms with van der Waals surface area (Å²) in [5.41, 5.74) is 16.3. The molecule has 0 atom stereocenters. The van der Waals surface area contributed by atoms with Gasteiger partial charge in [-0.15, -0.1) is 0 Å². The number of rotatable bonds is 10. The van der Waals surface area contributed by atoms with E-state index in [4.69, 9.17) is 0 Å². The van der Waals surface area contributed by atoms with Gasteiger partial charge in [-0.1, -0.05) is 200 Å². The van der Waals surface area contributed by atoms with Crippen LogP contribution in [0.1, 0.15) is 0 Å². The molecule has 0 spiro atoms. The molecule has 0 saturated heterocycles. The van der Waals surface area contributed by atoms with E-state index < -0.39 is 0 Å². The lowest BCUT2D eigenvalue weighted by Gasteiger charge is -2.27. The average Bonchev–Trinajstić information content (AvgIpc) is 3.38. The van der Waals surface area contributed by atoms with Crippen molar-refractivity contribution in [3.05, 3.63) is 267 Å². The van der Waals surface area contributed by atoms with Gasteiger partial charge in [0.05, 0.1) is 5.69 Å². The Morgan fingerprint density at radius 3 is 1.05 bits per heavy atom. The Bertz CT molecular complexity index is 3320. The van der Waals surface area contributed by atoms with Gasteiger partial charge in [0.2, 0.25) is 0 Å². The Morgan fingerprint density at radius 2 is 0.516 bits per heavy atom. The molecule has 0 aliphatic heterocycles. The van der Waals surface area contributed by atoms with E-state index in [1.165, 1.54) is 66.1 Å². The van der Waals surface area contributed by atoms with Crippen molar-refractivity contribution in [2.45, 2.75) is 0 Å². The fourth-order valence-electron chi connectivity index (χ4n) is 9.11. The maximum Gasteiger partial charge on any atom is 0.0540 e. The number of fused-ring (bicyclic) bond motifs is 2. The molecule has 11 rings (SSSR count). The number of hydrogen-bond donors (Lipinski definition) is 0. The molecule has 2 nitrogen and oxygen atoms in total. The first kappa shape index (κ1) is 38.5. The van der Waals surface area contributed by atoms with Crippen LogP contribution < -0.4 is 9.80 Å². The van der Waals surface area contributed by atoms with E-state index in [0.29, 0.717) is 0 Å². The van der Waals surface area contributed by atoms with Gasteiger partial charge in [0.25, 0.3) is 0 Å². The minimum atomic E-state index is 1.11. The average molecular weight is 817 g/mol. The molecule has 0 saturated carbocycles. The molecular weight excluding hydrogens is 773 g/mol. The number of benzene rings is 11. The van der Waals surface area contributed by atoms with Crippen LogP contribution in [0.3, 0.4) is 0 Å². The predicted molar refractivity (Wildman–Crippen MR) is 273 cm³/mol. The Kier molecular flexibility index (Phi) is 10.3. The summed E-state index contributed by atoms with van der Waals surface area (Å²) in [4.78, 5) is 4.67. The van der Waals surface area contributed by atoms with Gasteiger partial charge in [0, 0.05) is 33.8 Å². The Hall–Kier alpha value is -8.46. The topological polar surface area (TPSA) is 6.48 Å². The zero-order valence-electron chi connectivity index (χ0n) is 35.3. The van der Waals surface area contributed by atoms with Crippen LogP contribution in [0.15, 0.2) is 267 Å². The lowest BCUT2D eigenvalue weighted by Crippen LogP contribution is -2.10. The summed E-state index contributed by atoms with van der Waals surface area (Å²) in [6.07, 6.45) is 0. The monoisotopic (exact) mass is 816 g/mol. The molecule has 0 aliphatic rings. The van der Waals surface area contributed by atoms with Gasteiger partial charge in [0.15, 0.2) is 0 Å². The summed E-state index contributed by atoms with van der Waals surface area (Å²) in [6, 6.07) is 96.1. The van der Waals surface area contributed by atoms with Crippen molar-refractivity contribution in [3.63, 3.8) is 0 Å². The van der Waals surface area contributed by atoms with E-state index in [1.54, 1.807) is 0 Å². The molecule has 0 heterocycles. The molecule has 0 bridgehead atoms. The molecule has 64 heavy (non-hydrogen) atoms. The summed E-state index contributed by atoms with van der Waals surface area (Å²) >= 11 is 0. The van der Waals surface area contributed by atoms with Crippen LogP contribution in [0.5, 0.6) is 0 Å². The highest BCUT2D eigenvalue weighted by Gasteiger charge is 2.17. The third-order valence-corrected chi connectivity index (χ3v) is 12.3. The van der Waals surface area contributed by atoms with Crippen molar-refractivity contribution in [3.8, 4) is 44.5 Å². The fourth-order valence-corrected chi connectivity index (χ4v) is 9.11. The summed E-state index contributed by atoms with van der Waals surface area (Å²) in [5.74, 6) is 0. The lowest BCUT2D eigenvalue weighted by atomic mass is 9.92. The largest absolute Gasteiger partial charge is 0.311 e. The number of nitrogens with zero attached hydrogens (tertiary/aromatic N) is 2. The molecule has 0 N–H and O–H groups in total. The molecule has 0 unspecified atom stereocenters. The normalized spacial score (nSPS) is 11.1. The van der Waals surface area contributed by atoms with Crippen LogP contribution in [-0.4, -0.2) is 0 Å². The van der Waals surface area contributed by atoms with E-state index in [9.17, 15) is 0 Å². The van der Waals surface area contributed by atoms with Crippen molar-refractivity contribution in [2.75, 3.05) is 9.80 Å². The fraction of sp³-hybridized carbons (Fsp3) is 0. The highest BCUT2D eigenvalue weighted by molar-refractivity contribution is 6.05. The smallest absolute Gasteiger partial charge is 0.0540 e. The lowest BCUT2D eigenvalue weighted by molar-refractivity contribution is 1.28. The minimum absolute atomic E-state index is 1.11. The van der Waals surface area contributed by atoms with Gasteiger partial charge in [-0.25, -0.2) is 0 Å². The van der Waals surface area contributed by atoms with Crippen LogP contribution >= 0.6 is 0 Å². The van der Waals surface area contributed by atoms with Crippen molar-refractivity contribution in [2.24, 2.45) is 0 Å². The van der Waals surface area contributed by atoms with Crippen LogP contribution in [0, 0.1) is 0 Å². The first-order chi connectivity index (χ1) is 31.7. The standard InChI is InChI=1S/C62H44N2/c1-4-15-45(16-5-1)47-33-39-54(40-34-47)63(52-19-6-2-7-20-52)55-43-37-51(38-44-55)58-25-14-26-60-57(24-13-27-61(58)60)50-31-29-46(30-32-50)48-35-41-56(42-36-48)64(53-21-8-3-9-22-53)62-28-12-18-49-17-10-11-23-59(49)62/h1-44H. The molecule has 302 valence electrons. The summed E-state index contributed by atoms with van der Waals surface area (Å²) in [7, 11) is 0. The van der Waals surface area contributed by atoms with Gasteiger partial charge in [-0.3, -0.25) is 0 Å². The molecule has 0 amide bonds. The molecule has 2 heteroatoms. The van der Waals surface area contributed by atoms with Gasteiger partial charge in [-0.2, -0.15) is 0 Å². The van der Waals surface area contributed by atoms with Gasteiger partial charge in [0.1, 0.15) is 0 Å². The summed E-state index contributed by atoms with van der Waals surface area (Å²) < 4.78 is 0. The molecular formula is C62H44N2. The molecule has 0 aromatic heterocycles. The molecule has 0 fully saturated rings. The Morgan fingerprint density at radius 1 is 0.188 bits per heavy atom. The highest BCUT2D eigenvalue weighted by atomic mass is 15.1. The molecule has 0 radical (unpaired) electrons. The van der Waals surface area contributed by atoms with Gasteiger partial charge >= 0.3 is 0 Å². The van der Waals surface area contributed by atoms with Crippen LogP contribution in [-0.2, 0) is 0 Å². The van der Waals surface area contributed by atoms with E-state index in [-0.39, 0.29) is 0 Å². The summed E-state index contributed by atoms with van der Waals surface area (Å²) in [5, 5.41) is 4.92. The van der Waals surface area contributed by atoms with E-state index in [0.717, 1.165) is 34.1 Å². The highest BCUT2D eigenvalue weighted by Crippen LogP contribution is 2.41. The van der Waals surface area contributed by atoms with E-state index in [2.05, 4.69) is 277 Å². The second kappa shape index (κ2) is 17.1. The first-order valence-electron chi connectivity index (χ1n) is 21.9. The number of hydrogen-bond acceptors (Lipinski definition) is 2. The maximum atomic E-state index is 2.35. The van der Waals surface area contributed by atoms with Gasteiger partial charge < -0.3 is 9.80 Å². The second-order valence-electron chi connectivity index (χ2n) is 16.1. The Labute approximate surface area is 375 Å². The van der Waals surface area contributed by atoms with E-state index in [1.807, 2.05) is 0 Å². The van der Waals surface area contributed by atoms with Gasteiger partial charge in [-0.05, 0) is 127 Å². The molecule has 0 aliphatic carbocycles. The quantitative estimate of drug-likeness (QED) is 0.136. The minimum Gasteiger partial charge on any atom is -0.311 e. The predicted octanol–water partition coefficient (Wildman–Crippen LogP) is 17.6. The zero-order chi connectivity index (χ0) is 42.7. The number of anilines is 6. The molecule has 11 aromatic rings. The second-order valence-corrected chi connectivity index (χ2v) is 16.1. The molecule has 11 aromatic carbocycles. The number of para-hydroxylation sites is 2. The Balaban J connectivity index is 0.873. The SMILES string of the molecule is c1ccc(-c2ccc(N(c3ccccc3)c3ccc(-c4cccc5c(-c6ccc(-c7ccc(N(c8ccccc8)c8cccc9ccccc89)cc7)cc6)cccc45)cc3)cc2)cc1. The van der Waals surface area contributed by atoms with Crippen LogP contribution in [0.25, 0.3) is 66.1 Å². The summed E-state index contributed by atoms with van der Waals surface area (Å²) in [6.45, 7) is 0.